The van der Waals surface area contributed by atoms with E-state index in [1.54, 1.807) is 24.3 Å². The van der Waals surface area contributed by atoms with E-state index in [1.807, 2.05) is 5.38 Å². The van der Waals surface area contributed by atoms with Crippen molar-refractivity contribution in [2.24, 2.45) is 0 Å². The van der Waals surface area contributed by atoms with Crippen LogP contribution in [0.3, 0.4) is 0 Å². The number of thiazole rings is 1. The van der Waals surface area contributed by atoms with E-state index in [1.165, 1.54) is 35.0 Å². The average Bonchev–Trinajstić information content (AvgIpc) is 3.02. The summed E-state index contributed by atoms with van der Waals surface area (Å²) in [4.78, 5) is 28.1. The van der Waals surface area contributed by atoms with Crippen LogP contribution in [-0.4, -0.2) is 16.8 Å². The Morgan fingerprint density at radius 2 is 1.59 bits per heavy atom. The van der Waals surface area contributed by atoms with E-state index in [-0.39, 0.29) is 11.8 Å². The fourth-order valence-electron chi connectivity index (χ4n) is 3.11. The molecule has 0 saturated heterocycles. The smallest absolute Gasteiger partial charge is 0.257 e. The van der Waals surface area contributed by atoms with Crippen LogP contribution in [0.4, 0.5) is 10.8 Å². The molecule has 0 atom stereocenters. The summed E-state index contributed by atoms with van der Waals surface area (Å²) in [6.07, 6.45) is 0. The van der Waals surface area contributed by atoms with E-state index in [0.29, 0.717) is 16.4 Å². The van der Waals surface area contributed by atoms with Crippen LogP contribution in [0.25, 0.3) is 11.3 Å². The minimum Gasteiger partial charge on any atom is -0.326 e. The highest BCUT2D eigenvalue weighted by Crippen LogP contribution is 2.31. The van der Waals surface area contributed by atoms with Gasteiger partial charge in [-0.3, -0.25) is 14.9 Å². The maximum absolute atomic E-state index is 12.4. The zero-order valence-corrected chi connectivity index (χ0v) is 16.5. The third-order valence-corrected chi connectivity index (χ3v) is 4.88. The maximum atomic E-state index is 12.4. The second-order valence-corrected chi connectivity index (χ2v) is 7.38. The van der Waals surface area contributed by atoms with E-state index in [9.17, 15) is 9.59 Å². The van der Waals surface area contributed by atoms with Gasteiger partial charge in [-0.15, -0.1) is 11.3 Å². The van der Waals surface area contributed by atoms with Crippen LogP contribution >= 0.6 is 11.3 Å². The number of carbonyl (C=O) groups is 2. The highest BCUT2D eigenvalue weighted by Gasteiger charge is 2.13. The Labute approximate surface area is 162 Å². The molecule has 0 saturated carbocycles. The lowest BCUT2D eigenvalue weighted by Crippen LogP contribution is -2.12. The molecule has 5 nitrogen and oxygen atoms in total. The quantitative estimate of drug-likeness (QED) is 0.674. The standard InChI is InChI=1S/C21H21N3O2S/c1-12-9-13(2)19(14(3)10-12)18-11-27-21(23-18)24-20(26)16-5-7-17(8-6-16)22-15(4)25/h5-11H,1-4H3,(H,22,25)(H,23,24,26). The summed E-state index contributed by atoms with van der Waals surface area (Å²) in [5.41, 5.74) is 6.70. The molecule has 3 rings (SSSR count). The van der Waals surface area contributed by atoms with Crippen molar-refractivity contribution in [2.75, 3.05) is 10.6 Å². The fourth-order valence-corrected chi connectivity index (χ4v) is 3.80. The van der Waals surface area contributed by atoms with Crippen LogP contribution in [0.2, 0.25) is 0 Å². The topological polar surface area (TPSA) is 71.1 Å². The summed E-state index contributed by atoms with van der Waals surface area (Å²) < 4.78 is 0. The number of amides is 2. The van der Waals surface area contributed by atoms with E-state index in [4.69, 9.17) is 0 Å². The summed E-state index contributed by atoms with van der Waals surface area (Å²) in [7, 11) is 0. The molecule has 2 N–H and O–H groups in total. The number of hydrogen-bond acceptors (Lipinski definition) is 4. The summed E-state index contributed by atoms with van der Waals surface area (Å²) in [6, 6.07) is 11.0. The van der Waals surface area contributed by atoms with Gasteiger partial charge in [0, 0.05) is 29.1 Å². The van der Waals surface area contributed by atoms with Gasteiger partial charge in [-0.2, -0.15) is 0 Å². The Balaban J connectivity index is 1.76. The summed E-state index contributed by atoms with van der Waals surface area (Å²) in [6.45, 7) is 7.67. The van der Waals surface area contributed by atoms with Crippen molar-refractivity contribution >= 4 is 34.0 Å². The molecule has 0 aliphatic heterocycles. The lowest BCUT2D eigenvalue weighted by Gasteiger charge is -2.08. The van der Waals surface area contributed by atoms with Crippen LogP contribution in [-0.2, 0) is 4.79 Å². The first-order valence-corrected chi connectivity index (χ1v) is 9.44. The molecule has 27 heavy (non-hydrogen) atoms. The molecule has 6 heteroatoms. The molecule has 0 unspecified atom stereocenters. The minimum absolute atomic E-state index is 0.149. The van der Waals surface area contributed by atoms with E-state index in [2.05, 4.69) is 48.5 Å². The van der Waals surface area contributed by atoms with E-state index in [0.717, 1.165) is 11.3 Å². The molecule has 0 fully saturated rings. The molecule has 0 bridgehead atoms. The number of benzene rings is 2. The Hall–Kier alpha value is -2.99. The molecule has 138 valence electrons. The largest absolute Gasteiger partial charge is 0.326 e. The van der Waals surface area contributed by atoms with Gasteiger partial charge in [0.1, 0.15) is 0 Å². The maximum Gasteiger partial charge on any atom is 0.257 e. The predicted octanol–water partition coefficient (Wildman–Crippen LogP) is 4.95. The molecular weight excluding hydrogens is 358 g/mol. The molecule has 0 spiro atoms. The highest BCUT2D eigenvalue weighted by molar-refractivity contribution is 7.14. The number of aryl methyl sites for hydroxylation is 3. The van der Waals surface area contributed by atoms with Crippen molar-refractivity contribution in [3.05, 3.63) is 64.0 Å². The monoisotopic (exact) mass is 379 g/mol. The van der Waals surface area contributed by atoms with E-state index < -0.39 is 0 Å². The van der Waals surface area contributed by atoms with Gasteiger partial charge in [0.15, 0.2) is 5.13 Å². The number of hydrogen-bond donors (Lipinski definition) is 2. The molecule has 0 radical (unpaired) electrons. The first-order chi connectivity index (χ1) is 12.8. The molecular formula is C21H21N3O2S. The van der Waals surface area contributed by atoms with Crippen molar-refractivity contribution in [1.82, 2.24) is 4.98 Å². The van der Waals surface area contributed by atoms with Crippen LogP contribution in [0, 0.1) is 20.8 Å². The lowest BCUT2D eigenvalue weighted by atomic mass is 9.98. The van der Waals surface area contributed by atoms with Gasteiger partial charge < -0.3 is 5.32 Å². The molecule has 2 amide bonds. The van der Waals surface area contributed by atoms with Crippen LogP contribution in [0.5, 0.6) is 0 Å². The van der Waals surface area contributed by atoms with Gasteiger partial charge >= 0.3 is 0 Å². The molecule has 0 aliphatic rings. The van der Waals surface area contributed by atoms with Crippen molar-refractivity contribution in [3.8, 4) is 11.3 Å². The van der Waals surface area contributed by atoms with Gasteiger partial charge in [0.05, 0.1) is 5.69 Å². The molecule has 0 aliphatic carbocycles. The second-order valence-electron chi connectivity index (χ2n) is 6.52. The van der Waals surface area contributed by atoms with Crippen molar-refractivity contribution < 1.29 is 9.59 Å². The van der Waals surface area contributed by atoms with Crippen molar-refractivity contribution in [2.45, 2.75) is 27.7 Å². The van der Waals surface area contributed by atoms with Crippen LogP contribution in [0.1, 0.15) is 34.0 Å². The Morgan fingerprint density at radius 3 is 2.19 bits per heavy atom. The zero-order chi connectivity index (χ0) is 19.6. The number of carbonyl (C=O) groups excluding carboxylic acids is 2. The summed E-state index contributed by atoms with van der Waals surface area (Å²) in [5.74, 6) is -0.383. The number of anilines is 2. The highest BCUT2D eigenvalue weighted by atomic mass is 32.1. The number of rotatable bonds is 4. The molecule has 2 aromatic carbocycles. The Morgan fingerprint density at radius 1 is 0.963 bits per heavy atom. The van der Waals surface area contributed by atoms with Crippen LogP contribution < -0.4 is 10.6 Å². The third kappa shape index (κ3) is 4.41. The van der Waals surface area contributed by atoms with Gasteiger partial charge in [-0.25, -0.2) is 4.98 Å². The molecule has 1 heterocycles. The Bertz CT molecular complexity index is 984. The normalized spacial score (nSPS) is 10.5. The fraction of sp³-hybridized carbons (Fsp3) is 0.190. The van der Waals surface area contributed by atoms with E-state index >= 15 is 0 Å². The number of nitrogens with one attached hydrogen (secondary N) is 2. The number of aromatic nitrogens is 1. The van der Waals surface area contributed by atoms with Crippen LogP contribution in [0.15, 0.2) is 41.8 Å². The molecule has 1 aromatic heterocycles. The first kappa shape index (κ1) is 18.8. The summed E-state index contributed by atoms with van der Waals surface area (Å²) in [5, 5.41) is 8.03. The van der Waals surface area contributed by atoms with Crippen molar-refractivity contribution in [1.29, 1.82) is 0 Å². The predicted molar refractivity (Wildman–Crippen MR) is 110 cm³/mol. The van der Waals surface area contributed by atoms with Gasteiger partial charge in [0.2, 0.25) is 5.91 Å². The SMILES string of the molecule is CC(=O)Nc1ccc(C(=O)Nc2nc(-c3c(C)cc(C)cc3C)cs2)cc1. The second kappa shape index (κ2) is 7.72. The van der Waals surface area contributed by atoms with Gasteiger partial charge in [0.25, 0.3) is 5.91 Å². The summed E-state index contributed by atoms with van der Waals surface area (Å²) >= 11 is 1.40. The third-order valence-electron chi connectivity index (χ3n) is 4.13. The first-order valence-electron chi connectivity index (χ1n) is 8.56. The average molecular weight is 379 g/mol. The lowest BCUT2D eigenvalue weighted by molar-refractivity contribution is -0.114. The number of nitrogens with zero attached hydrogens (tertiary/aromatic N) is 1. The van der Waals surface area contributed by atoms with Crippen molar-refractivity contribution in [3.63, 3.8) is 0 Å². The van der Waals surface area contributed by atoms with Gasteiger partial charge in [-0.1, -0.05) is 17.7 Å². The molecule has 3 aromatic rings. The van der Waals surface area contributed by atoms with Gasteiger partial charge in [-0.05, 0) is 56.2 Å². The minimum atomic E-state index is -0.234. The zero-order valence-electron chi connectivity index (χ0n) is 15.7. The Kier molecular flexibility index (Phi) is 5.37.